The van der Waals surface area contributed by atoms with E-state index in [0.717, 1.165) is 18.5 Å². The number of hydrogen-bond donors (Lipinski definition) is 1. The van der Waals surface area contributed by atoms with Crippen LogP contribution in [0.4, 0.5) is 11.8 Å². The van der Waals surface area contributed by atoms with E-state index >= 15 is 0 Å². The number of rotatable bonds is 6. The van der Waals surface area contributed by atoms with Gasteiger partial charge in [-0.2, -0.15) is 4.98 Å². The third-order valence-electron chi connectivity index (χ3n) is 3.01. The maximum absolute atomic E-state index is 11.7. The summed E-state index contributed by atoms with van der Waals surface area (Å²) in [6.45, 7) is 5.54. The van der Waals surface area contributed by atoms with Gasteiger partial charge in [0.25, 0.3) is 0 Å². The fourth-order valence-corrected chi connectivity index (χ4v) is 2.93. The van der Waals surface area contributed by atoms with E-state index < -0.39 is 5.97 Å². The summed E-state index contributed by atoms with van der Waals surface area (Å²) in [6.07, 6.45) is 0.530. The zero-order chi connectivity index (χ0) is 15.4. The molecule has 0 saturated heterocycles. The molecule has 8 heteroatoms. The Morgan fingerprint density at radius 2 is 2.14 bits per heavy atom. The predicted octanol–water partition coefficient (Wildman–Crippen LogP) is 1.89. The summed E-state index contributed by atoms with van der Waals surface area (Å²) in [7, 11) is 1.34. The maximum atomic E-state index is 11.7. The van der Waals surface area contributed by atoms with Crippen LogP contribution in [0.25, 0.3) is 10.2 Å². The molecule has 0 aliphatic carbocycles. The number of carbonyl (C=O) groups excluding carboxylic acids is 2. The lowest BCUT2D eigenvalue weighted by Gasteiger charge is -2.20. The third kappa shape index (κ3) is 2.94. The highest BCUT2D eigenvalue weighted by atomic mass is 32.1. The number of nitrogens with one attached hydrogen (secondary N) is 1. The van der Waals surface area contributed by atoms with Crippen LogP contribution in [0.2, 0.25) is 0 Å². The molecule has 2 heterocycles. The smallest absolute Gasteiger partial charge is 0.348 e. The van der Waals surface area contributed by atoms with Crippen molar-refractivity contribution in [3.05, 3.63) is 10.9 Å². The van der Waals surface area contributed by atoms with E-state index in [9.17, 15) is 9.59 Å². The number of aromatic nitrogens is 2. The number of hydrogen-bond acceptors (Lipinski definition) is 7. The SMILES string of the molecule is CCN(CC)c1nc(NC=O)nc2sc(C(=O)OC)cc12. The van der Waals surface area contributed by atoms with Crippen LogP contribution in [0.3, 0.4) is 0 Å². The molecule has 0 aromatic carbocycles. The number of nitrogens with zero attached hydrogens (tertiary/aromatic N) is 3. The van der Waals surface area contributed by atoms with Gasteiger partial charge in [-0.15, -0.1) is 11.3 Å². The number of methoxy groups -OCH3 is 1. The van der Waals surface area contributed by atoms with Crippen molar-refractivity contribution < 1.29 is 14.3 Å². The van der Waals surface area contributed by atoms with Crippen LogP contribution in [0.5, 0.6) is 0 Å². The third-order valence-corrected chi connectivity index (χ3v) is 4.02. The van der Waals surface area contributed by atoms with Gasteiger partial charge in [0, 0.05) is 13.1 Å². The highest BCUT2D eigenvalue weighted by Crippen LogP contribution is 2.32. The Hall–Kier alpha value is -2.22. The Labute approximate surface area is 125 Å². The Kier molecular flexibility index (Phi) is 4.69. The van der Waals surface area contributed by atoms with E-state index in [1.54, 1.807) is 6.07 Å². The molecular weight excluding hydrogens is 292 g/mol. The predicted molar refractivity (Wildman–Crippen MR) is 82.0 cm³/mol. The maximum Gasteiger partial charge on any atom is 0.348 e. The average Bonchev–Trinajstić information content (AvgIpc) is 2.92. The number of fused-ring (bicyclic) bond motifs is 1. The Balaban J connectivity index is 2.64. The molecule has 0 fully saturated rings. The van der Waals surface area contributed by atoms with E-state index in [0.29, 0.717) is 21.9 Å². The number of carbonyl (C=O) groups is 2. The van der Waals surface area contributed by atoms with Gasteiger partial charge in [0.1, 0.15) is 15.5 Å². The summed E-state index contributed by atoms with van der Waals surface area (Å²) in [5, 5.41) is 3.23. The van der Waals surface area contributed by atoms with Gasteiger partial charge in [0.05, 0.1) is 12.5 Å². The van der Waals surface area contributed by atoms with Gasteiger partial charge in [0.15, 0.2) is 0 Å². The van der Waals surface area contributed by atoms with Gasteiger partial charge in [-0.3, -0.25) is 10.1 Å². The summed E-state index contributed by atoms with van der Waals surface area (Å²) >= 11 is 1.21. The molecule has 0 aliphatic heterocycles. The van der Waals surface area contributed by atoms with Crippen molar-refractivity contribution in [2.24, 2.45) is 0 Å². The van der Waals surface area contributed by atoms with E-state index in [1.807, 2.05) is 18.7 Å². The molecule has 112 valence electrons. The van der Waals surface area contributed by atoms with Gasteiger partial charge in [-0.25, -0.2) is 9.78 Å². The largest absolute Gasteiger partial charge is 0.465 e. The van der Waals surface area contributed by atoms with Gasteiger partial charge < -0.3 is 9.64 Å². The monoisotopic (exact) mass is 308 g/mol. The molecule has 0 atom stereocenters. The van der Waals surface area contributed by atoms with Crippen molar-refractivity contribution in [3.63, 3.8) is 0 Å². The molecule has 0 bridgehead atoms. The van der Waals surface area contributed by atoms with Gasteiger partial charge in [0.2, 0.25) is 12.4 Å². The molecule has 0 unspecified atom stereocenters. The quantitative estimate of drug-likeness (QED) is 0.648. The van der Waals surface area contributed by atoms with Crippen LogP contribution in [-0.4, -0.2) is 42.5 Å². The van der Waals surface area contributed by atoms with Crippen LogP contribution in [0.15, 0.2) is 6.07 Å². The van der Waals surface area contributed by atoms with E-state index in [-0.39, 0.29) is 5.95 Å². The zero-order valence-electron chi connectivity index (χ0n) is 12.0. The van der Waals surface area contributed by atoms with Crippen molar-refractivity contribution in [1.29, 1.82) is 0 Å². The molecule has 0 aliphatic rings. The van der Waals surface area contributed by atoms with Crippen molar-refractivity contribution >= 4 is 45.7 Å². The fourth-order valence-electron chi connectivity index (χ4n) is 1.99. The fraction of sp³-hybridized carbons (Fsp3) is 0.385. The Bertz CT molecular complexity index is 667. The summed E-state index contributed by atoms with van der Waals surface area (Å²) in [5.74, 6) is 0.506. The first kappa shape index (κ1) is 15.2. The first-order valence-electron chi connectivity index (χ1n) is 6.49. The van der Waals surface area contributed by atoms with Gasteiger partial charge in [-0.1, -0.05) is 0 Å². The summed E-state index contributed by atoms with van der Waals surface area (Å²) < 4.78 is 4.73. The van der Waals surface area contributed by atoms with E-state index in [2.05, 4.69) is 15.3 Å². The van der Waals surface area contributed by atoms with E-state index in [1.165, 1.54) is 18.4 Å². The lowest BCUT2D eigenvalue weighted by molar-refractivity contribution is -0.105. The van der Waals surface area contributed by atoms with Crippen LogP contribution in [0.1, 0.15) is 23.5 Å². The molecule has 21 heavy (non-hydrogen) atoms. The second-order valence-electron chi connectivity index (χ2n) is 4.13. The van der Waals surface area contributed by atoms with Crippen LogP contribution in [0, 0.1) is 0 Å². The van der Waals surface area contributed by atoms with E-state index in [4.69, 9.17) is 4.74 Å². The number of thiophene rings is 1. The molecule has 2 aromatic heterocycles. The second-order valence-corrected chi connectivity index (χ2v) is 5.16. The number of anilines is 2. The molecule has 0 radical (unpaired) electrons. The van der Waals surface area contributed by atoms with Crippen molar-refractivity contribution in [1.82, 2.24) is 9.97 Å². The minimum Gasteiger partial charge on any atom is -0.465 e. The molecule has 0 saturated carbocycles. The molecule has 2 rings (SSSR count). The van der Waals surface area contributed by atoms with Crippen LogP contribution < -0.4 is 10.2 Å². The Morgan fingerprint density at radius 1 is 1.43 bits per heavy atom. The topological polar surface area (TPSA) is 84.4 Å². The second kappa shape index (κ2) is 6.49. The first-order valence-corrected chi connectivity index (χ1v) is 7.31. The number of amides is 1. The Morgan fingerprint density at radius 3 is 2.71 bits per heavy atom. The van der Waals surface area contributed by atoms with Crippen LogP contribution in [-0.2, 0) is 9.53 Å². The molecule has 2 aromatic rings. The lowest BCUT2D eigenvalue weighted by atomic mass is 10.3. The van der Waals surface area contributed by atoms with Crippen LogP contribution >= 0.6 is 11.3 Å². The summed E-state index contributed by atoms with van der Waals surface area (Å²) in [6, 6.07) is 1.73. The lowest BCUT2D eigenvalue weighted by Crippen LogP contribution is -2.23. The summed E-state index contributed by atoms with van der Waals surface area (Å²) in [4.78, 5) is 34.0. The minimum absolute atomic E-state index is 0.220. The molecular formula is C13H16N4O3S. The standard InChI is InChI=1S/C13H16N4O3S/c1-4-17(5-2)10-8-6-9(12(19)20-3)21-11(8)16-13(15-10)14-7-18/h6-7H,4-5H2,1-3H3,(H,14,15,16,18). The highest BCUT2D eigenvalue weighted by Gasteiger charge is 2.18. The number of ether oxygens (including phenoxy) is 1. The van der Waals surface area contributed by atoms with Crippen molar-refractivity contribution in [2.75, 3.05) is 30.4 Å². The normalized spacial score (nSPS) is 10.4. The average molecular weight is 308 g/mol. The minimum atomic E-state index is -0.409. The summed E-state index contributed by atoms with van der Waals surface area (Å²) in [5.41, 5.74) is 0. The molecule has 0 spiro atoms. The zero-order valence-corrected chi connectivity index (χ0v) is 12.9. The van der Waals surface area contributed by atoms with Gasteiger partial charge in [-0.05, 0) is 19.9 Å². The van der Waals surface area contributed by atoms with Crippen molar-refractivity contribution in [2.45, 2.75) is 13.8 Å². The van der Waals surface area contributed by atoms with Crippen molar-refractivity contribution in [3.8, 4) is 0 Å². The first-order chi connectivity index (χ1) is 10.1. The molecule has 7 nitrogen and oxygen atoms in total. The highest BCUT2D eigenvalue weighted by molar-refractivity contribution is 7.20. The molecule has 1 N–H and O–H groups in total. The molecule has 1 amide bonds. The van der Waals surface area contributed by atoms with Gasteiger partial charge >= 0.3 is 5.97 Å². The number of esters is 1.